The first kappa shape index (κ1) is 18.2. The summed E-state index contributed by atoms with van der Waals surface area (Å²) in [5.74, 6) is -0.317. The van der Waals surface area contributed by atoms with Crippen molar-refractivity contribution in [1.82, 2.24) is 4.98 Å². The number of hydrogen-bond acceptors (Lipinski definition) is 3. The quantitative estimate of drug-likeness (QED) is 0.649. The Labute approximate surface area is 162 Å². The molecule has 3 rings (SSSR count). The molecule has 0 aliphatic heterocycles. The van der Waals surface area contributed by atoms with Gasteiger partial charge in [0.25, 0.3) is 5.91 Å². The Morgan fingerprint density at radius 3 is 2.42 bits per heavy atom. The van der Waals surface area contributed by atoms with E-state index in [0.29, 0.717) is 27.8 Å². The van der Waals surface area contributed by atoms with Crippen LogP contribution in [0.25, 0.3) is 0 Å². The molecule has 0 saturated heterocycles. The van der Waals surface area contributed by atoms with E-state index >= 15 is 0 Å². The highest BCUT2D eigenvalue weighted by Gasteiger charge is 2.13. The molecule has 1 amide bonds. The first-order valence-corrected chi connectivity index (χ1v) is 8.75. The highest BCUT2D eigenvalue weighted by molar-refractivity contribution is 6.40. The van der Waals surface area contributed by atoms with Crippen LogP contribution < -0.4 is 10.2 Å². The first-order chi connectivity index (χ1) is 12.5. The van der Waals surface area contributed by atoms with Crippen molar-refractivity contribution in [2.24, 2.45) is 0 Å². The fourth-order valence-electron chi connectivity index (χ4n) is 2.51. The van der Waals surface area contributed by atoms with Crippen LogP contribution >= 0.6 is 23.2 Å². The number of carbonyl (C=O) groups excluding carboxylic acids is 1. The summed E-state index contributed by atoms with van der Waals surface area (Å²) >= 11 is 12.2. The maximum Gasteiger partial charge on any atom is 0.257 e. The lowest BCUT2D eigenvalue weighted by Gasteiger charge is -2.19. The van der Waals surface area contributed by atoms with Gasteiger partial charge in [0.15, 0.2) is 0 Å². The minimum absolute atomic E-state index is 0.317. The van der Waals surface area contributed by atoms with Crippen molar-refractivity contribution in [3.05, 3.63) is 88.2 Å². The molecular formula is C20H17Cl2N3O. The zero-order valence-electron chi connectivity index (χ0n) is 14.1. The van der Waals surface area contributed by atoms with Crippen molar-refractivity contribution in [2.75, 3.05) is 17.3 Å². The SMILES string of the molecule is CN(Cc1ccccc1)c1cncc(C(=O)Nc2c(Cl)cccc2Cl)c1. The third-order valence-electron chi connectivity index (χ3n) is 3.89. The second-order valence-electron chi connectivity index (χ2n) is 5.82. The van der Waals surface area contributed by atoms with Crippen LogP contribution in [0, 0.1) is 0 Å². The zero-order chi connectivity index (χ0) is 18.5. The number of amides is 1. The van der Waals surface area contributed by atoms with Gasteiger partial charge >= 0.3 is 0 Å². The largest absolute Gasteiger partial charge is 0.369 e. The van der Waals surface area contributed by atoms with Crippen molar-refractivity contribution < 1.29 is 4.79 Å². The molecule has 0 saturated carbocycles. The Morgan fingerprint density at radius 1 is 1.04 bits per heavy atom. The number of benzene rings is 2. The molecule has 132 valence electrons. The van der Waals surface area contributed by atoms with Crippen molar-refractivity contribution in [2.45, 2.75) is 6.54 Å². The summed E-state index contributed by atoms with van der Waals surface area (Å²) in [5, 5.41) is 3.52. The number of pyridine rings is 1. The predicted octanol–water partition coefficient (Wildman–Crippen LogP) is 5.28. The molecule has 1 N–H and O–H groups in total. The van der Waals surface area contributed by atoms with Crippen LogP contribution in [-0.4, -0.2) is 17.9 Å². The number of halogens is 2. The van der Waals surface area contributed by atoms with Crippen LogP contribution in [0.3, 0.4) is 0 Å². The van der Waals surface area contributed by atoms with Crippen LogP contribution in [0.1, 0.15) is 15.9 Å². The summed E-state index contributed by atoms with van der Waals surface area (Å²) in [5.41, 5.74) is 2.83. The number of nitrogens with zero attached hydrogens (tertiary/aromatic N) is 2. The third kappa shape index (κ3) is 4.34. The molecule has 0 fully saturated rings. The van der Waals surface area contributed by atoms with E-state index in [1.54, 1.807) is 30.5 Å². The summed E-state index contributed by atoms with van der Waals surface area (Å²) in [6.07, 6.45) is 3.24. The highest BCUT2D eigenvalue weighted by Crippen LogP contribution is 2.30. The van der Waals surface area contributed by atoms with E-state index in [0.717, 1.165) is 5.69 Å². The molecule has 2 aromatic carbocycles. The predicted molar refractivity (Wildman–Crippen MR) is 107 cm³/mol. The molecule has 3 aromatic rings. The van der Waals surface area contributed by atoms with E-state index in [1.807, 2.05) is 30.1 Å². The van der Waals surface area contributed by atoms with E-state index in [9.17, 15) is 4.79 Å². The highest BCUT2D eigenvalue weighted by atomic mass is 35.5. The smallest absolute Gasteiger partial charge is 0.257 e. The lowest BCUT2D eigenvalue weighted by molar-refractivity contribution is 0.102. The van der Waals surface area contributed by atoms with E-state index in [2.05, 4.69) is 22.4 Å². The van der Waals surface area contributed by atoms with Gasteiger partial charge in [0.05, 0.1) is 33.2 Å². The van der Waals surface area contributed by atoms with Crippen LogP contribution in [0.2, 0.25) is 10.0 Å². The molecule has 26 heavy (non-hydrogen) atoms. The van der Waals surface area contributed by atoms with Gasteiger partial charge in [0, 0.05) is 19.8 Å². The number of rotatable bonds is 5. The Kier molecular flexibility index (Phi) is 5.76. The molecule has 0 unspecified atom stereocenters. The van der Waals surface area contributed by atoms with Crippen LogP contribution in [-0.2, 0) is 6.54 Å². The Balaban J connectivity index is 1.77. The first-order valence-electron chi connectivity index (χ1n) is 8.00. The molecule has 6 heteroatoms. The summed E-state index contributed by atoms with van der Waals surface area (Å²) < 4.78 is 0. The Morgan fingerprint density at radius 2 is 1.73 bits per heavy atom. The summed E-state index contributed by atoms with van der Waals surface area (Å²) in [7, 11) is 1.95. The maximum absolute atomic E-state index is 12.6. The number of carbonyl (C=O) groups is 1. The number of para-hydroxylation sites is 1. The third-order valence-corrected chi connectivity index (χ3v) is 4.52. The molecule has 0 atom stereocenters. The minimum atomic E-state index is -0.317. The van der Waals surface area contributed by atoms with Gasteiger partial charge in [-0.05, 0) is 23.8 Å². The van der Waals surface area contributed by atoms with Gasteiger partial charge in [0.1, 0.15) is 0 Å². The molecule has 0 aliphatic carbocycles. The van der Waals surface area contributed by atoms with E-state index in [-0.39, 0.29) is 5.91 Å². The second kappa shape index (κ2) is 8.21. The lowest BCUT2D eigenvalue weighted by Crippen LogP contribution is -2.18. The van der Waals surface area contributed by atoms with Crippen molar-refractivity contribution in [3.8, 4) is 0 Å². The van der Waals surface area contributed by atoms with E-state index < -0.39 is 0 Å². The second-order valence-corrected chi connectivity index (χ2v) is 6.64. The van der Waals surface area contributed by atoms with E-state index in [4.69, 9.17) is 23.2 Å². The number of anilines is 2. The molecule has 0 aliphatic rings. The van der Waals surface area contributed by atoms with Crippen molar-refractivity contribution in [3.63, 3.8) is 0 Å². The van der Waals surface area contributed by atoms with Gasteiger partial charge in [0.2, 0.25) is 0 Å². The van der Waals surface area contributed by atoms with Gasteiger partial charge in [-0.15, -0.1) is 0 Å². The minimum Gasteiger partial charge on any atom is -0.369 e. The molecule has 1 aromatic heterocycles. The molecular weight excluding hydrogens is 369 g/mol. The van der Waals surface area contributed by atoms with Crippen LogP contribution in [0.5, 0.6) is 0 Å². The topological polar surface area (TPSA) is 45.2 Å². The van der Waals surface area contributed by atoms with Crippen molar-refractivity contribution >= 4 is 40.5 Å². The average molecular weight is 386 g/mol. The monoisotopic (exact) mass is 385 g/mol. The fraction of sp³-hybridized carbons (Fsp3) is 0.100. The standard InChI is InChI=1S/C20H17Cl2N3O/c1-25(13-14-6-3-2-4-7-14)16-10-15(11-23-12-16)20(26)24-19-17(21)8-5-9-18(19)22/h2-12H,13H2,1H3,(H,24,26). The Bertz CT molecular complexity index is 896. The molecule has 0 spiro atoms. The average Bonchev–Trinajstić information content (AvgIpc) is 2.65. The van der Waals surface area contributed by atoms with Gasteiger partial charge in [-0.2, -0.15) is 0 Å². The molecule has 0 radical (unpaired) electrons. The van der Waals surface area contributed by atoms with Gasteiger partial charge in [-0.3, -0.25) is 9.78 Å². The summed E-state index contributed by atoms with van der Waals surface area (Å²) in [6.45, 7) is 0.712. The number of hydrogen-bond donors (Lipinski definition) is 1. The molecule has 1 heterocycles. The number of aromatic nitrogens is 1. The lowest BCUT2D eigenvalue weighted by atomic mass is 10.2. The normalized spacial score (nSPS) is 10.4. The van der Waals surface area contributed by atoms with Gasteiger partial charge < -0.3 is 10.2 Å². The van der Waals surface area contributed by atoms with Crippen LogP contribution in [0.4, 0.5) is 11.4 Å². The van der Waals surface area contributed by atoms with Crippen LogP contribution in [0.15, 0.2) is 67.0 Å². The van der Waals surface area contributed by atoms with Gasteiger partial charge in [-0.1, -0.05) is 59.6 Å². The summed E-state index contributed by atoms with van der Waals surface area (Å²) in [4.78, 5) is 18.8. The maximum atomic E-state index is 12.6. The summed E-state index contributed by atoms with van der Waals surface area (Å²) in [6, 6.07) is 16.9. The van der Waals surface area contributed by atoms with Gasteiger partial charge in [-0.25, -0.2) is 0 Å². The molecule has 0 bridgehead atoms. The fourth-order valence-corrected chi connectivity index (χ4v) is 3.00. The molecule has 4 nitrogen and oxygen atoms in total. The van der Waals surface area contributed by atoms with Crippen molar-refractivity contribution in [1.29, 1.82) is 0 Å². The van der Waals surface area contributed by atoms with E-state index in [1.165, 1.54) is 11.8 Å². The zero-order valence-corrected chi connectivity index (χ0v) is 15.6. The Hall–Kier alpha value is -2.56. The number of nitrogens with one attached hydrogen (secondary N) is 1.